The molecule has 1 N–H and O–H groups in total. The van der Waals surface area contributed by atoms with Crippen LogP contribution in [0.25, 0.3) is 0 Å². The van der Waals surface area contributed by atoms with Gasteiger partial charge in [-0.15, -0.1) is 0 Å². The molecule has 19 heavy (non-hydrogen) atoms. The van der Waals surface area contributed by atoms with Crippen LogP contribution in [0.5, 0.6) is 0 Å². The maximum absolute atomic E-state index is 5.42. The van der Waals surface area contributed by atoms with Crippen LogP contribution >= 0.6 is 15.9 Å². The van der Waals surface area contributed by atoms with Gasteiger partial charge in [0.2, 0.25) is 0 Å². The molecular formula is C14H21BrN2O2. The van der Waals surface area contributed by atoms with Crippen molar-refractivity contribution in [1.82, 2.24) is 5.32 Å². The topological polar surface area (TPSA) is 33.7 Å². The minimum absolute atomic E-state index is 0.739. The van der Waals surface area contributed by atoms with E-state index < -0.39 is 0 Å². The van der Waals surface area contributed by atoms with E-state index in [0.29, 0.717) is 0 Å². The molecule has 0 amide bonds. The third-order valence-corrected chi connectivity index (χ3v) is 3.69. The quantitative estimate of drug-likeness (QED) is 0.810. The van der Waals surface area contributed by atoms with Crippen LogP contribution in [0.2, 0.25) is 0 Å². The third-order valence-electron chi connectivity index (χ3n) is 3.20. The first-order valence-corrected chi connectivity index (χ1v) is 7.41. The fourth-order valence-electron chi connectivity index (χ4n) is 2.18. The Morgan fingerprint density at radius 3 is 2.89 bits per heavy atom. The Morgan fingerprint density at radius 2 is 2.16 bits per heavy atom. The summed E-state index contributed by atoms with van der Waals surface area (Å²) in [5, 5.41) is 3.40. The van der Waals surface area contributed by atoms with Crippen molar-refractivity contribution in [3.05, 3.63) is 28.2 Å². The molecule has 0 unspecified atom stereocenters. The summed E-state index contributed by atoms with van der Waals surface area (Å²) in [6.07, 6.45) is 0. The summed E-state index contributed by atoms with van der Waals surface area (Å²) >= 11 is 3.56. The van der Waals surface area contributed by atoms with E-state index in [1.165, 1.54) is 11.3 Å². The van der Waals surface area contributed by atoms with Gasteiger partial charge in [0.25, 0.3) is 0 Å². The molecule has 4 nitrogen and oxygen atoms in total. The standard InChI is InChI=1S/C14H21BrN2O2/c1-18-7-4-16-11-12-2-3-13(15)10-14(12)17-5-8-19-9-6-17/h2-3,10,16H,4-9,11H2,1H3. The zero-order valence-electron chi connectivity index (χ0n) is 11.3. The van der Waals surface area contributed by atoms with E-state index in [-0.39, 0.29) is 0 Å². The molecule has 5 heteroatoms. The van der Waals surface area contributed by atoms with Gasteiger partial charge < -0.3 is 19.7 Å². The van der Waals surface area contributed by atoms with Gasteiger partial charge in [0, 0.05) is 43.4 Å². The number of hydrogen-bond donors (Lipinski definition) is 1. The zero-order valence-corrected chi connectivity index (χ0v) is 12.9. The lowest BCUT2D eigenvalue weighted by Gasteiger charge is -2.31. The normalized spacial score (nSPS) is 15.8. The fourth-order valence-corrected chi connectivity index (χ4v) is 2.53. The Balaban J connectivity index is 2.03. The Labute approximate surface area is 123 Å². The number of hydrogen-bond acceptors (Lipinski definition) is 4. The highest BCUT2D eigenvalue weighted by Gasteiger charge is 2.14. The number of nitrogens with zero attached hydrogens (tertiary/aromatic N) is 1. The molecule has 1 aromatic carbocycles. The van der Waals surface area contributed by atoms with Crippen molar-refractivity contribution in [1.29, 1.82) is 0 Å². The monoisotopic (exact) mass is 328 g/mol. The number of rotatable bonds is 6. The summed E-state index contributed by atoms with van der Waals surface area (Å²) in [6, 6.07) is 6.46. The molecule has 0 atom stereocenters. The lowest BCUT2D eigenvalue weighted by atomic mass is 10.1. The van der Waals surface area contributed by atoms with E-state index in [0.717, 1.165) is 50.5 Å². The van der Waals surface area contributed by atoms with Crippen LogP contribution in [0.4, 0.5) is 5.69 Å². The van der Waals surface area contributed by atoms with E-state index in [9.17, 15) is 0 Å². The van der Waals surface area contributed by atoms with Crippen LogP contribution in [0.3, 0.4) is 0 Å². The van der Waals surface area contributed by atoms with Gasteiger partial charge in [-0.3, -0.25) is 0 Å². The molecule has 1 aliphatic heterocycles. The highest BCUT2D eigenvalue weighted by atomic mass is 79.9. The van der Waals surface area contributed by atoms with Gasteiger partial charge in [0.15, 0.2) is 0 Å². The summed E-state index contributed by atoms with van der Waals surface area (Å²) < 4.78 is 11.6. The maximum atomic E-state index is 5.42. The predicted octanol–water partition coefficient (Wildman–Crippen LogP) is 2.02. The summed E-state index contributed by atoms with van der Waals surface area (Å²) in [7, 11) is 1.72. The fraction of sp³-hybridized carbons (Fsp3) is 0.571. The number of nitrogens with one attached hydrogen (secondary N) is 1. The maximum Gasteiger partial charge on any atom is 0.0642 e. The minimum Gasteiger partial charge on any atom is -0.383 e. The molecule has 0 spiro atoms. The van der Waals surface area contributed by atoms with Gasteiger partial charge in [0.05, 0.1) is 19.8 Å². The van der Waals surface area contributed by atoms with Crippen LogP contribution in [-0.2, 0) is 16.0 Å². The summed E-state index contributed by atoms with van der Waals surface area (Å²) in [6.45, 7) is 6.01. The van der Waals surface area contributed by atoms with Crippen molar-refractivity contribution in [2.45, 2.75) is 6.54 Å². The van der Waals surface area contributed by atoms with Crippen LogP contribution in [-0.4, -0.2) is 46.6 Å². The van der Waals surface area contributed by atoms with Crippen molar-refractivity contribution in [2.75, 3.05) is 51.5 Å². The summed E-state index contributed by atoms with van der Waals surface area (Å²) in [5.74, 6) is 0. The van der Waals surface area contributed by atoms with E-state index in [1.807, 2.05) is 0 Å². The molecular weight excluding hydrogens is 308 g/mol. The molecule has 1 saturated heterocycles. The third kappa shape index (κ3) is 4.45. The Kier molecular flexibility index (Phi) is 6.10. The summed E-state index contributed by atoms with van der Waals surface area (Å²) in [5.41, 5.74) is 2.61. The van der Waals surface area contributed by atoms with Gasteiger partial charge in [-0.2, -0.15) is 0 Å². The van der Waals surface area contributed by atoms with Crippen molar-refractivity contribution in [3.8, 4) is 0 Å². The van der Waals surface area contributed by atoms with E-state index in [4.69, 9.17) is 9.47 Å². The largest absolute Gasteiger partial charge is 0.383 e. The number of anilines is 1. The van der Waals surface area contributed by atoms with E-state index in [2.05, 4.69) is 44.3 Å². The molecule has 1 aromatic rings. The molecule has 106 valence electrons. The van der Waals surface area contributed by atoms with Crippen molar-refractivity contribution in [2.24, 2.45) is 0 Å². The molecule has 0 bridgehead atoms. The predicted molar refractivity (Wildman–Crippen MR) is 80.8 cm³/mol. The van der Waals surface area contributed by atoms with Crippen LogP contribution in [0.1, 0.15) is 5.56 Å². The molecule has 2 rings (SSSR count). The van der Waals surface area contributed by atoms with Gasteiger partial charge in [-0.1, -0.05) is 22.0 Å². The highest BCUT2D eigenvalue weighted by Crippen LogP contribution is 2.26. The molecule has 1 aliphatic rings. The number of halogens is 1. The van der Waals surface area contributed by atoms with E-state index >= 15 is 0 Å². The van der Waals surface area contributed by atoms with Crippen LogP contribution in [0, 0.1) is 0 Å². The SMILES string of the molecule is COCCNCc1ccc(Br)cc1N1CCOCC1. The number of morpholine rings is 1. The summed E-state index contributed by atoms with van der Waals surface area (Å²) in [4.78, 5) is 2.39. The van der Waals surface area contributed by atoms with Crippen LogP contribution in [0.15, 0.2) is 22.7 Å². The van der Waals surface area contributed by atoms with Crippen molar-refractivity contribution >= 4 is 21.6 Å². The smallest absolute Gasteiger partial charge is 0.0642 e. The first-order valence-electron chi connectivity index (χ1n) is 6.62. The molecule has 1 heterocycles. The Hall–Kier alpha value is -0.620. The van der Waals surface area contributed by atoms with Crippen molar-refractivity contribution in [3.63, 3.8) is 0 Å². The number of ether oxygens (including phenoxy) is 2. The van der Waals surface area contributed by atoms with Crippen LogP contribution < -0.4 is 10.2 Å². The molecule has 0 aliphatic carbocycles. The van der Waals surface area contributed by atoms with Gasteiger partial charge in [0.1, 0.15) is 0 Å². The van der Waals surface area contributed by atoms with Gasteiger partial charge in [-0.05, 0) is 17.7 Å². The lowest BCUT2D eigenvalue weighted by molar-refractivity contribution is 0.122. The second-order valence-corrected chi connectivity index (χ2v) is 5.46. The molecule has 0 radical (unpaired) electrons. The lowest BCUT2D eigenvalue weighted by Crippen LogP contribution is -2.37. The molecule has 1 fully saturated rings. The zero-order chi connectivity index (χ0) is 13.5. The highest BCUT2D eigenvalue weighted by molar-refractivity contribution is 9.10. The average molecular weight is 329 g/mol. The van der Waals surface area contributed by atoms with Crippen molar-refractivity contribution < 1.29 is 9.47 Å². The van der Waals surface area contributed by atoms with E-state index in [1.54, 1.807) is 7.11 Å². The van der Waals surface area contributed by atoms with Gasteiger partial charge in [-0.25, -0.2) is 0 Å². The van der Waals surface area contributed by atoms with Gasteiger partial charge >= 0.3 is 0 Å². The Morgan fingerprint density at radius 1 is 1.37 bits per heavy atom. The molecule has 0 saturated carbocycles. The first-order chi connectivity index (χ1) is 9.31. The number of benzene rings is 1. The average Bonchev–Trinajstić information content (AvgIpc) is 2.46. The number of methoxy groups -OCH3 is 1. The minimum atomic E-state index is 0.739. The second-order valence-electron chi connectivity index (χ2n) is 4.54. The Bertz CT molecular complexity index is 395. The first kappa shape index (κ1) is 14.8. The molecule has 0 aromatic heterocycles. The second kappa shape index (κ2) is 7.85.